The van der Waals surface area contributed by atoms with Crippen LogP contribution in [0, 0.1) is 16.0 Å². The Morgan fingerprint density at radius 3 is 2.87 bits per heavy atom. The topological polar surface area (TPSA) is 74.1 Å². The number of piperidine rings is 1. The largest absolute Gasteiger partial charge is 0.496 e. The fourth-order valence-electron chi connectivity index (χ4n) is 3.35. The first-order valence-electron chi connectivity index (χ1n) is 7.94. The molecule has 1 aromatic carbocycles. The molecule has 0 N–H and O–H groups in total. The van der Waals surface area contributed by atoms with E-state index in [4.69, 9.17) is 14.2 Å². The number of nitro benzene ring substituents is 1. The van der Waals surface area contributed by atoms with Crippen molar-refractivity contribution in [3.63, 3.8) is 0 Å². The van der Waals surface area contributed by atoms with E-state index in [0.29, 0.717) is 31.4 Å². The molecule has 2 heterocycles. The van der Waals surface area contributed by atoms with Crippen molar-refractivity contribution in [2.45, 2.75) is 25.7 Å². The van der Waals surface area contributed by atoms with Gasteiger partial charge in [0.15, 0.2) is 6.29 Å². The summed E-state index contributed by atoms with van der Waals surface area (Å²) in [6.45, 7) is 3.80. The van der Waals surface area contributed by atoms with Crippen LogP contribution < -0.4 is 4.74 Å². The van der Waals surface area contributed by atoms with Gasteiger partial charge in [-0.2, -0.15) is 0 Å². The highest BCUT2D eigenvalue weighted by molar-refractivity contribution is 5.43. The molecule has 2 saturated heterocycles. The third-order valence-electron chi connectivity index (χ3n) is 4.44. The summed E-state index contributed by atoms with van der Waals surface area (Å²) in [7, 11) is 1.59. The van der Waals surface area contributed by atoms with Crippen LogP contribution in [0.3, 0.4) is 0 Å². The van der Waals surface area contributed by atoms with Gasteiger partial charge in [-0.25, -0.2) is 0 Å². The average Bonchev–Trinajstić information content (AvgIpc) is 3.09. The molecule has 0 saturated carbocycles. The minimum atomic E-state index is -0.373. The van der Waals surface area contributed by atoms with Gasteiger partial charge in [-0.15, -0.1) is 0 Å². The van der Waals surface area contributed by atoms with Crippen molar-refractivity contribution >= 4 is 5.69 Å². The Morgan fingerprint density at radius 2 is 2.17 bits per heavy atom. The zero-order valence-corrected chi connectivity index (χ0v) is 13.3. The molecule has 126 valence electrons. The van der Waals surface area contributed by atoms with E-state index in [1.807, 2.05) is 0 Å². The zero-order chi connectivity index (χ0) is 16.2. The molecule has 0 aliphatic carbocycles. The van der Waals surface area contributed by atoms with Gasteiger partial charge < -0.3 is 14.2 Å². The monoisotopic (exact) mass is 322 g/mol. The number of nitrogens with zero attached hydrogens (tertiary/aromatic N) is 2. The Hall–Kier alpha value is -1.70. The Bertz CT molecular complexity index is 559. The Morgan fingerprint density at radius 1 is 1.39 bits per heavy atom. The van der Waals surface area contributed by atoms with Gasteiger partial charge in [-0.3, -0.25) is 15.0 Å². The van der Waals surface area contributed by atoms with Crippen molar-refractivity contribution in [2.75, 3.05) is 33.4 Å². The minimum absolute atomic E-state index is 0.0943. The smallest absolute Gasteiger partial charge is 0.270 e. The summed E-state index contributed by atoms with van der Waals surface area (Å²) >= 11 is 0. The number of nitro groups is 1. The van der Waals surface area contributed by atoms with Gasteiger partial charge in [0, 0.05) is 36.7 Å². The molecule has 7 nitrogen and oxygen atoms in total. The normalized spacial score (nSPS) is 23.1. The lowest BCUT2D eigenvalue weighted by Gasteiger charge is -2.34. The molecule has 2 aliphatic rings. The third kappa shape index (κ3) is 3.80. The van der Waals surface area contributed by atoms with E-state index in [0.717, 1.165) is 31.5 Å². The summed E-state index contributed by atoms with van der Waals surface area (Å²) < 4.78 is 16.6. The lowest BCUT2D eigenvalue weighted by molar-refractivity contribution is -0.385. The number of ether oxygens (including phenoxy) is 3. The van der Waals surface area contributed by atoms with Crippen LogP contribution in [0.4, 0.5) is 5.69 Å². The number of benzene rings is 1. The van der Waals surface area contributed by atoms with Crippen molar-refractivity contribution in [1.29, 1.82) is 0 Å². The zero-order valence-electron chi connectivity index (χ0n) is 13.3. The van der Waals surface area contributed by atoms with Crippen LogP contribution in [-0.2, 0) is 16.0 Å². The van der Waals surface area contributed by atoms with Crippen LogP contribution in [0.1, 0.15) is 18.4 Å². The maximum Gasteiger partial charge on any atom is 0.270 e. The molecule has 0 spiro atoms. The van der Waals surface area contributed by atoms with Crippen LogP contribution in [0.2, 0.25) is 0 Å². The summed E-state index contributed by atoms with van der Waals surface area (Å²) in [4.78, 5) is 12.9. The summed E-state index contributed by atoms with van der Waals surface area (Å²) in [6.07, 6.45) is 2.06. The Balaban J connectivity index is 1.70. The van der Waals surface area contributed by atoms with E-state index in [9.17, 15) is 10.1 Å². The highest BCUT2D eigenvalue weighted by atomic mass is 16.7. The summed E-state index contributed by atoms with van der Waals surface area (Å²) in [5.41, 5.74) is 0.937. The second kappa shape index (κ2) is 7.25. The van der Waals surface area contributed by atoms with E-state index in [1.165, 1.54) is 6.07 Å². The fraction of sp³-hybridized carbons (Fsp3) is 0.625. The standard InChI is InChI=1S/C16H22N2O5/c1-21-15-5-4-14(18(19)20)9-13(15)11-17-6-2-3-12(10-17)16-22-7-8-23-16/h4-5,9,12,16H,2-3,6-8,10-11H2,1H3. The minimum Gasteiger partial charge on any atom is -0.496 e. The van der Waals surface area contributed by atoms with Crippen LogP contribution in [0.25, 0.3) is 0 Å². The summed E-state index contributed by atoms with van der Waals surface area (Å²) in [6, 6.07) is 4.74. The predicted octanol–water partition coefficient (Wildman–Crippen LogP) is 2.19. The predicted molar refractivity (Wildman–Crippen MR) is 83.3 cm³/mol. The van der Waals surface area contributed by atoms with Crippen molar-refractivity contribution in [3.05, 3.63) is 33.9 Å². The molecule has 1 atom stereocenters. The van der Waals surface area contributed by atoms with Gasteiger partial charge in [0.1, 0.15) is 5.75 Å². The van der Waals surface area contributed by atoms with Crippen LogP contribution in [0.15, 0.2) is 18.2 Å². The molecule has 0 bridgehead atoms. The van der Waals surface area contributed by atoms with Gasteiger partial charge in [0.05, 0.1) is 25.2 Å². The molecule has 3 rings (SSSR count). The molecule has 2 fully saturated rings. The SMILES string of the molecule is COc1ccc([N+](=O)[O-])cc1CN1CCCC(C2OCCO2)C1. The number of hydrogen-bond donors (Lipinski definition) is 0. The number of likely N-dealkylation sites (tertiary alicyclic amines) is 1. The molecule has 1 aromatic rings. The van der Waals surface area contributed by atoms with E-state index in [-0.39, 0.29) is 16.9 Å². The van der Waals surface area contributed by atoms with Gasteiger partial charge in [-0.05, 0) is 25.5 Å². The quantitative estimate of drug-likeness (QED) is 0.611. The van der Waals surface area contributed by atoms with Crippen molar-refractivity contribution in [3.8, 4) is 5.75 Å². The van der Waals surface area contributed by atoms with E-state index in [1.54, 1.807) is 19.2 Å². The van der Waals surface area contributed by atoms with Crippen LogP contribution >= 0.6 is 0 Å². The molecule has 0 aromatic heterocycles. The number of rotatable bonds is 5. The van der Waals surface area contributed by atoms with E-state index in [2.05, 4.69) is 4.90 Å². The molecular weight excluding hydrogens is 300 g/mol. The van der Waals surface area contributed by atoms with Crippen molar-refractivity contribution < 1.29 is 19.1 Å². The highest BCUT2D eigenvalue weighted by Gasteiger charge is 2.31. The fourth-order valence-corrected chi connectivity index (χ4v) is 3.35. The van der Waals surface area contributed by atoms with Crippen LogP contribution in [-0.4, -0.2) is 49.5 Å². The maximum atomic E-state index is 11.0. The number of non-ortho nitro benzene ring substituents is 1. The summed E-state index contributed by atoms with van der Waals surface area (Å²) in [5.74, 6) is 1.04. The lowest BCUT2D eigenvalue weighted by Crippen LogP contribution is -2.40. The second-order valence-electron chi connectivity index (χ2n) is 6.00. The van der Waals surface area contributed by atoms with E-state index >= 15 is 0 Å². The first kappa shape index (κ1) is 16.2. The summed E-state index contributed by atoms with van der Waals surface area (Å²) in [5, 5.41) is 11.0. The van der Waals surface area contributed by atoms with E-state index < -0.39 is 0 Å². The first-order valence-corrected chi connectivity index (χ1v) is 7.94. The first-order chi connectivity index (χ1) is 11.2. The maximum absolute atomic E-state index is 11.0. The third-order valence-corrected chi connectivity index (χ3v) is 4.44. The van der Waals surface area contributed by atoms with Gasteiger partial charge in [0.25, 0.3) is 5.69 Å². The van der Waals surface area contributed by atoms with Crippen molar-refractivity contribution in [2.24, 2.45) is 5.92 Å². The van der Waals surface area contributed by atoms with Gasteiger partial charge in [0.2, 0.25) is 0 Å². The average molecular weight is 322 g/mol. The number of hydrogen-bond acceptors (Lipinski definition) is 6. The van der Waals surface area contributed by atoms with Gasteiger partial charge in [-0.1, -0.05) is 0 Å². The second-order valence-corrected chi connectivity index (χ2v) is 6.00. The molecule has 1 unspecified atom stereocenters. The molecule has 0 amide bonds. The molecular formula is C16H22N2O5. The molecule has 0 radical (unpaired) electrons. The van der Waals surface area contributed by atoms with Crippen molar-refractivity contribution in [1.82, 2.24) is 4.90 Å². The number of methoxy groups -OCH3 is 1. The highest BCUT2D eigenvalue weighted by Crippen LogP contribution is 2.29. The molecule has 7 heteroatoms. The Kier molecular flexibility index (Phi) is 5.09. The van der Waals surface area contributed by atoms with Gasteiger partial charge >= 0.3 is 0 Å². The van der Waals surface area contributed by atoms with Crippen LogP contribution in [0.5, 0.6) is 5.75 Å². The lowest BCUT2D eigenvalue weighted by atomic mass is 9.97. The molecule has 2 aliphatic heterocycles. The Labute approximate surface area is 135 Å². The molecule has 23 heavy (non-hydrogen) atoms.